The predicted octanol–water partition coefficient (Wildman–Crippen LogP) is 2.46. The van der Waals surface area contributed by atoms with Gasteiger partial charge in [0.15, 0.2) is 0 Å². The van der Waals surface area contributed by atoms with Gasteiger partial charge in [0.05, 0.1) is 6.20 Å². The summed E-state index contributed by atoms with van der Waals surface area (Å²) in [7, 11) is 0. The first kappa shape index (κ1) is 9.46. The molecule has 0 atom stereocenters. The molecule has 0 fully saturated rings. The second kappa shape index (κ2) is 3.67. The molecule has 0 saturated heterocycles. The van der Waals surface area contributed by atoms with Crippen LogP contribution in [0.3, 0.4) is 0 Å². The van der Waals surface area contributed by atoms with Crippen molar-refractivity contribution in [1.82, 2.24) is 9.78 Å². The van der Waals surface area contributed by atoms with Gasteiger partial charge in [0.2, 0.25) is 0 Å². The summed E-state index contributed by atoms with van der Waals surface area (Å²) in [5.74, 6) is 0.291. The standard InChI is InChI=1S/C13H14N2O/c16-13-8-4-3-7-12(13)15-11-6-2-1-5-10(11)9-14-15/h3-4,7-9,16H,1-2,5-6H2. The Kier molecular flexibility index (Phi) is 2.17. The highest BCUT2D eigenvalue weighted by molar-refractivity contribution is 5.46. The van der Waals surface area contributed by atoms with Crippen LogP contribution in [-0.2, 0) is 12.8 Å². The highest BCUT2D eigenvalue weighted by Crippen LogP contribution is 2.27. The number of phenolic OH excluding ortho intramolecular Hbond substituents is 1. The van der Waals surface area contributed by atoms with Gasteiger partial charge >= 0.3 is 0 Å². The fourth-order valence-corrected chi connectivity index (χ4v) is 2.34. The van der Waals surface area contributed by atoms with Gasteiger partial charge < -0.3 is 5.11 Å². The molecule has 3 heteroatoms. The Morgan fingerprint density at radius 1 is 1.12 bits per heavy atom. The number of rotatable bonds is 1. The van der Waals surface area contributed by atoms with E-state index in [1.54, 1.807) is 6.07 Å². The van der Waals surface area contributed by atoms with Crippen LogP contribution in [0.15, 0.2) is 30.5 Å². The molecule has 16 heavy (non-hydrogen) atoms. The summed E-state index contributed by atoms with van der Waals surface area (Å²) in [6.07, 6.45) is 6.57. The quantitative estimate of drug-likeness (QED) is 0.791. The van der Waals surface area contributed by atoms with Gasteiger partial charge in [-0.3, -0.25) is 0 Å². The molecule has 0 saturated carbocycles. The highest BCUT2D eigenvalue weighted by atomic mass is 16.3. The lowest BCUT2D eigenvalue weighted by atomic mass is 9.98. The normalized spacial score (nSPS) is 14.8. The molecule has 0 aliphatic heterocycles. The maximum Gasteiger partial charge on any atom is 0.141 e. The molecule has 3 nitrogen and oxygen atoms in total. The average molecular weight is 214 g/mol. The van der Waals surface area contributed by atoms with E-state index in [1.807, 2.05) is 29.1 Å². The summed E-state index contributed by atoms with van der Waals surface area (Å²) >= 11 is 0. The molecule has 3 rings (SSSR count). The summed E-state index contributed by atoms with van der Waals surface area (Å²) in [6.45, 7) is 0. The number of benzene rings is 1. The van der Waals surface area contributed by atoms with Gasteiger partial charge in [-0.1, -0.05) is 12.1 Å². The molecule has 1 N–H and O–H groups in total. The third-order valence-electron chi connectivity index (χ3n) is 3.17. The molecule has 0 unspecified atom stereocenters. The Morgan fingerprint density at radius 2 is 1.94 bits per heavy atom. The first-order valence-corrected chi connectivity index (χ1v) is 5.70. The molecule has 82 valence electrons. The van der Waals surface area contributed by atoms with E-state index in [1.165, 1.54) is 24.1 Å². The van der Waals surface area contributed by atoms with Crippen molar-refractivity contribution in [1.29, 1.82) is 0 Å². The van der Waals surface area contributed by atoms with Crippen molar-refractivity contribution in [3.05, 3.63) is 41.7 Å². The number of aromatic nitrogens is 2. The van der Waals surface area contributed by atoms with E-state index >= 15 is 0 Å². The van der Waals surface area contributed by atoms with Crippen molar-refractivity contribution in [2.24, 2.45) is 0 Å². The van der Waals surface area contributed by atoms with Gasteiger partial charge in [-0.05, 0) is 43.4 Å². The van der Waals surface area contributed by atoms with Gasteiger partial charge in [-0.25, -0.2) is 4.68 Å². The van der Waals surface area contributed by atoms with Crippen LogP contribution in [0, 0.1) is 0 Å². The van der Waals surface area contributed by atoms with Crippen molar-refractivity contribution in [2.75, 3.05) is 0 Å². The third kappa shape index (κ3) is 1.40. The van der Waals surface area contributed by atoms with E-state index < -0.39 is 0 Å². The topological polar surface area (TPSA) is 38.0 Å². The zero-order chi connectivity index (χ0) is 11.0. The van der Waals surface area contributed by atoms with Crippen molar-refractivity contribution in [3.63, 3.8) is 0 Å². The zero-order valence-electron chi connectivity index (χ0n) is 9.06. The number of nitrogens with zero attached hydrogens (tertiary/aromatic N) is 2. The van der Waals surface area contributed by atoms with Crippen LogP contribution in [0.25, 0.3) is 5.69 Å². The number of fused-ring (bicyclic) bond motifs is 1. The third-order valence-corrected chi connectivity index (χ3v) is 3.17. The number of para-hydroxylation sites is 2. The molecule has 1 aliphatic rings. The van der Waals surface area contributed by atoms with Crippen molar-refractivity contribution in [3.8, 4) is 11.4 Å². The first-order valence-electron chi connectivity index (χ1n) is 5.70. The van der Waals surface area contributed by atoms with Crippen LogP contribution in [0.4, 0.5) is 0 Å². The molecule has 0 radical (unpaired) electrons. The fourth-order valence-electron chi connectivity index (χ4n) is 2.34. The van der Waals surface area contributed by atoms with Crippen molar-refractivity contribution >= 4 is 0 Å². The highest BCUT2D eigenvalue weighted by Gasteiger charge is 2.16. The summed E-state index contributed by atoms with van der Waals surface area (Å²) in [5, 5.41) is 14.2. The van der Waals surface area contributed by atoms with E-state index in [4.69, 9.17) is 0 Å². The zero-order valence-corrected chi connectivity index (χ0v) is 9.06. The molecular formula is C13H14N2O. The molecule has 1 aromatic heterocycles. The van der Waals surface area contributed by atoms with Crippen LogP contribution < -0.4 is 0 Å². The average Bonchev–Trinajstić information content (AvgIpc) is 2.74. The number of aromatic hydroxyl groups is 1. The van der Waals surface area contributed by atoms with Gasteiger partial charge in [0.1, 0.15) is 11.4 Å². The van der Waals surface area contributed by atoms with E-state index in [2.05, 4.69) is 5.10 Å². The van der Waals surface area contributed by atoms with Gasteiger partial charge in [0, 0.05) is 5.69 Å². The van der Waals surface area contributed by atoms with Crippen LogP contribution in [0.2, 0.25) is 0 Å². The summed E-state index contributed by atoms with van der Waals surface area (Å²) in [5.41, 5.74) is 3.37. The molecule has 0 amide bonds. The number of hydrogen-bond donors (Lipinski definition) is 1. The van der Waals surface area contributed by atoms with Crippen LogP contribution >= 0.6 is 0 Å². The summed E-state index contributed by atoms with van der Waals surface area (Å²) < 4.78 is 1.88. The van der Waals surface area contributed by atoms with Crippen molar-refractivity contribution < 1.29 is 5.11 Å². The van der Waals surface area contributed by atoms with Crippen LogP contribution in [0.5, 0.6) is 5.75 Å². The minimum absolute atomic E-state index is 0.291. The Balaban J connectivity index is 2.13. The summed E-state index contributed by atoms with van der Waals surface area (Å²) in [4.78, 5) is 0. The van der Waals surface area contributed by atoms with E-state index in [0.717, 1.165) is 18.5 Å². The largest absolute Gasteiger partial charge is 0.506 e. The lowest BCUT2D eigenvalue weighted by Gasteiger charge is -2.14. The molecule has 2 aromatic rings. The smallest absolute Gasteiger partial charge is 0.141 e. The second-order valence-corrected chi connectivity index (χ2v) is 4.22. The maximum absolute atomic E-state index is 9.82. The predicted molar refractivity (Wildman–Crippen MR) is 61.9 cm³/mol. The fraction of sp³-hybridized carbons (Fsp3) is 0.308. The molecule has 1 aromatic carbocycles. The Morgan fingerprint density at radius 3 is 2.81 bits per heavy atom. The Hall–Kier alpha value is -1.77. The summed E-state index contributed by atoms with van der Waals surface area (Å²) in [6, 6.07) is 7.35. The van der Waals surface area contributed by atoms with E-state index in [0.29, 0.717) is 5.75 Å². The number of hydrogen-bond acceptors (Lipinski definition) is 2. The number of aryl methyl sites for hydroxylation is 1. The molecule has 0 spiro atoms. The van der Waals surface area contributed by atoms with E-state index in [9.17, 15) is 5.11 Å². The van der Waals surface area contributed by atoms with Crippen LogP contribution in [-0.4, -0.2) is 14.9 Å². The SMILES string of the molecule is Oc1ccccc1-n1ncc2c1CCCC2. The number of phenols is 1. The second-order valence-electron chi connectivity index (χ2n) is 4.22. The van der Waals surface area contributed by atoms with E-state index in [-0.39, 0.29) is 0 Å². The molecule has 1 heterocycles. The minimum atomic E-state index is 0.291. The van der Waals surface area contributed by atoms with Gasteiger partial charge in [0.25, 0.3) is 0 Å². The Bertz CT molecular complexity index is 516. The minimum Gasteiger partial charge on any atom is -0.506 e. The monoisotopic (exact) mass is 214 g/mol. The first-order chi connectivity index (χ1) is 7.86. The molecule has 1 aliphatic carbocycles. The molecular weight excluding hydrogens is 200 g/mol. The molecule has 0 bridgehead atoms. The Labute approximate surface area is 94.3 Å². The van der Waals surface area contributed by atoms with Gasteiger partial charge in [-0.2, -0.15) is 5.10 Å². The maximum atomic E-state index is 9.82. The van der Waals surface area contributed by atoms with Gasteiger partial charge in [-0.15, -0.1) is 0 Å². The van der Waals surface area contributed by atoms with Crippen molar-refractivity contribution in [2.45, 2.75) is 25.7 Å². The lowest BCUT2D eigenvalue weighted by Crippen LogP contribution is -2.07. The van der Waals surface area contributed by atoms with Crippen LogP contribution in [0.1, 0.15) is 24.1 Å². The lowest BCUT2D eigenvalue weighted by molar-refractivity contribution is 0.469.